The van der Waals surface area contributed by atoms with Gasteiger partial charge in [0.05, 0.1) is 9.88 Å². The van der Waals surface area contributed by atoms with E-state index >= 15 is 0 Å². The Kier molecular flexibility index (Phi) is 9.40. The van der Waals surface area contributed by atoms with Gasteiger partial charge in [0.1, 0.15) is 5.82 Å². The zero-order valence-corrected chi connectivity index (χ0v) is 22.9. The van der Waals surface area contributed by atoms with Crippen molar-refractivity contribution in [2.75, 3.05) is 5.32 Å². The minimum Gasteiger partial charge on any atom is -0.402 e. The van der Waals surface area contributed by atoms with Crippen molar-refractivity contribution >= 4 is 29.0 Å². The second kappa shape index (κ2) is 11.9. The first-order chi connectivity index (χ1) is 16.9. The molecule has 1 aromatic heterocycles. The molecular formula is C26H36F3N5S2. The normalized spacial score (nSPS) is 16.4. The summed E-state index contributed by atoms with van der Waals surface area (Å²) in [6, 6.07) is 5.27. The number of benzene rings is 1. The van der Waals surface area contributed by atoms with Crippen LogP contribution in [-0.4, -0.2) is 10.5 Å². The molecule has 0 amide bonds. The molecule has 0 spiro atoms. The zero-order valence-electron chi connectivity index (χ0n) is 21.3. The van der Waals surface area contributed by atoms with Crippen molar-refractivity contribution in [1.29, 1.82) is 0 Å². The predicted molar refractivity (Wildman–Crippen MR) is 146 cm³/mol. The molecule has 3 rings (SSSR count). The average molecular weight is 540 g/mol. The molecule has 1 aliphatic rings. The zero-order chi connectivity index (χ0) is 26.5. The molecule has 0 atom stereocenters. The van der Waals surface area contributed by atoms with E-state index in [1.807, 2.05) is 33.8 Å². The largest absolute Gasteiger partial charge is 0.434 e. The predicted octanol–water partition coefficient (Wildman–Crippen LogP) is 7.74. The average Bonchev–Trinajstić information content (AvgIpc) is 3.27. The van der Waals surface area contributed by atoms with Crippen LogP contribution in [0.4, 0.5) is 18.9 Å². The van der Waals surface area contributed by atoms with Crippen molar-refractivity contribution in [3.8, 4) is 10.4 Å². The fourth-order valence-electron chi connectivity index (χ4n) is 3.84. The fraction of sp³-hybridized carbons (Fsp3) is 0.500. The number of allylic oxidation sites excluding steroid dienone is 3. The number of anilines is 1. The third-order valence-corrected chi connectivity index (χ3v) is 8.26. The summed E-state index contributed by atoms with van der Waals surface area (Å²) in [5.74, 6) is 0.476. The number of hydrogen-bond donors (Lipinski definition) is 4. The van der Waals surface area contributed by atoms with E-state index in [-0.39, 0.29) is 16.3 Å². The Balaban J connectivity index is 2.03. The number of alkyl halides is 3. The summed E-state index contributed by atoms with van der Waals surface area (Å²) in [6.45, 7) is 7.95. The highest BCUT2D eigenvalue weighted by atomic mass is 32.2. The van der Waals surface area contributed by atoms with Gasteiger partial charge in [-0.2, -0.15) is 13.2 Å². The van der Waals surface area contributed by atoms with Crippen LogP contribution in [0.25, 0.3) is 10.4 Å². The first kappa shape index (κ1) is 28.4. The van der Waals surface area contributed by atoms with E-state index in [2.05, 4.69) is 15.0 Å². The third-order valence-electron chi connectivity index (χ3n) is 5.73. The second-order valence-corrected chi connectivity index (χ2v) is 11.9. The minimum atomic E-state index is -4.53. The van der Waals surface area contributed by atoms with Crippen LogP contribution >= 0.6 is 23.3 Å². The van der Waals surface area contributed by atoms with Crippen molar-refractivity contribution in [2.24, 2.45) is 11.5 Å². The Hall–Kier alpha value is -2.17. The van der Waals surface area contributed by atoms with Crippen molar-refractivity contribution in [2.45, 2.75) is 88.7 Å². The molecule has 1 fully saturated rings. The van der Waals surface area contributed by atoms with Gasteiger partial charge in [-0.25, -0.2) is 4.98 Å². The Morgan fingerprint density at radius 2 is 1.83 bits per heavy atom. The highest BCUT2D eigenvalue weighted by Gasteiger charge is 2.39. The summed E-state index contributed by atoms with van der Waals surface area (Å²) in [7, 11) is 0. The van der Waals surface area contributed by atoms with Crippen molar-refractivity contribution in [3.05, 3.63) is 52.6 Å². The SMILES string of the molecule is CC/C(N)=C/C=C(\N)Nc1ccc(-c2sc(C3CCCCC3)nc2C(F)(F)F)c(SNC(C)(C)C)c1. The van der Waals surface area contributed by atoms with Gasteiger partial charge in [-0.1, -0.05) is 32.3 Å². The molecule has 0 saturated heterocycles. The van der Waals surface area contributed by atoms with Crippen LogP contribution in [-0.2, 0) is 6.18 Å². The van der Waals surface area contributed by atoms with Crippen LogP contribution in [0.15, 0.2) is 46.8 Å². The number of nitrogens with one attached hydrogen (secondary N) is 2. The Labute approximate surface area is 220 Å². The lowest BCUT2D eigenvalue weighted by molar-refractivity contribution is -0.140. The maximum absolute atomic E-state index is 14.1. The molecule has 2 aromatic rings. The second-order valence-electron chi connectivity index (χ2n) is 10.1. The van der Waals surface area contributed by atoms with Gasteiger partial charge >= 0.3 is 6.18 Å². The van der Waals surface area contributed by atoms with Gasteiger partial charge in [-0.3, -0.25) is 4.72 Å². The van der Waals surface area contributed by atoms with Crippen LogP contribution < -0.4 is 21.5 Å². The van der Waals surface area contributed by atoms with E-state index in [9.17, 15) is 13.2 Å². The van der Waals surface area contributed by atoms with E-state index in [4.69, 9.17) is 11.5 Å². The lowest BCUT2D eigenvalue weighted by Crippen LogP contribution is -2.29. The number of hydrogen-bond acceptors (Lipinski definition) is 7. The van der Waals surface area contributed by atoms with Crippen molar-refractivity contribution in [1.82, 2.24) is 9.71 Å². The smallest absolute Gasteiger partial charge is 0.402 e. The minimum absolute atomic E-state index is 0.0943. The number of halogens is 3. The molecule has 0 unspecified atom stereocenters. The summed E-state index contributed by atoms with van der Waals surface area (Å²) >= 11 is 2.48. The van der Waals surface area contributed by atoms with Crippen LogP contribution in [0.1, 0.15) is 82.8 Å². The highest BCUT2D eigenvalue weighted by Crippen LogP contribution is 2.47. The molecule has 1 heterocycles. The van der Waals surface area contributed by atoms with Gasteiger partial charge in [0.15, 0.2) is 5.69 Å². The lowest BCUT2D eigenvalue weighted by atomic mass is 9.90. The molecule has 0 bridgehead atoms. The Bertz CT molecular complexity index is 1090. The molecular weight excluding hydrogens is 503 g/mol. The van der Waals surface area contributed by atoms with Crippen molar-refractivity contribution < 1.29 is 13.2 Å². The number of nitrogens with two attached hydrogens (primary N) is 2. The highest BCUT2D eigenvalue weighted by molar-refractivity contribution is 7.97. The maximum Gasteiger partial charge on any atom is 0.434 e. The van der Waals surface area contributed by atoms with Gasteiger partial charge in [0.2, 0.25) is 0 Å². The van der Waals surface area contributed by atoms with E-state index in [1.54, 1.807) is 24.3 Å². The van der Waals surface area contributed by atoms with Crippen LogP contribution in [0.2, 0.25) is 0 Å². The molecule has 36 heavy (non-hydrogen) atoms. The van der Waals surface area contributed by atoms with Crippen LogP contribution in [0.5, 0.6) is 0 Å². The summed E-state index contributed by atoms with van der Waals surface area (Å²) in [5.41, 5.74) is 12.7. The Morgan fingerprint density at radius 1 is 1.14 bits per heavy atom. The molecule has 0 radical (unpaired) electrons. The monoisotopic (exact) mass is 539 g/mol. The number of thiazole rings is 1. The topological polar surface area (TPSA) is 89.0 Å². The molecule has 6 N–H and O–H groups in total. The molecule has 10 heteroatoms. The molecule has 1 aliphatic carbocycles. The molecule has 1 saturated carbocycles. The summed E-state index contributed by atoms with van der Waals surface area (Å²) < 4.78 is 45.7. The summed E-state index contributed by atoms with van der Waals surface area (Å²) in [4.78, 5) is 4.98. The third kappa shape index (κ3) is 7.91. The number of rotatable bonds is 8. The first-order valence-electron chi connectivity index (χ1n) is 12.2. The molecule has 1 aromatic carbocycles. The van der Waals surface area contributed by atoms with Crippen LogP contribution in [0.3, 0.4) is 0 Å². The fourth-order valence-corrected chi connectivity index (χ4v) is 6.08. The quantitative estimate of drug-likeness (QED) is 0.203. The van der Waals surface area contributed by atoms with E-state index in [1.165, 1.54) is 23.3 Å². The van der Waals surface area contributed by atoms with E-state index < -0.39 is 11.9 Å². The van der Waals surface area contributed by atoms with Crippen molar-refractivity contribution in [3.63, 3.8) is 0 Å². The summed E-state index contributed by atoms with van der Waals surface area (Å²) in [6.07, 6.45) is 4.56. The van der Waals surface area contributed by atoms with Gasteiger partial charge in [-0.15, -0.1) is 11.3 Å². The van der Waals surface area contributed by atoms with Gasteiger partial charge in [0.25, 0.3) is 0 Å². The first-order valence-corrected chi connectivity index (χ1v) is 13.9. The number of aromatic nitrogens is 1. The van der Waals surface area contributed by atoms with Gasteiger partial charge in [0, 0.05) is 33.3 Å². The van der Waals surface area contributed by atoms with Crippen LogP contribution in [0, 0.1) is 0 Å². The molecule has 5 nitrogen and oxygen atoms in total. The Morgan fingerprint density at radius 3 is 2.44 bits per heavy atom. The van der Waals surface area contributed by atoms with E-state index in [0.29, 0.717) is 39.1 Å². The summed E-state index contributed by atoms with van der Waals surface area (Å²) in [5, 5.41) is 3.69. The number of nitrogens with zero attached hydrogens (tertiary/aromatic N) is 1. The molecule has 0 aliphatic heterocycles. The lowest BCUT2D eigenvalue weighted by Gasteiger charge is -2.21. The van der Waals surface area contributed by atoms with Gasteiger partial charge in [-0.05, 0) is 76.3 Å². The van der Waals surface area contributed by atoms with E-state index in [0.717, 1.165) is 32.1 Å². The standard InChI is InChI=1S/C26H36F3N5S2/c1-5-17(30)11-14-21(31)32-18-12-13-19(20(15-18)36-34-25(2,3)4)22-23(26(27,28)29)33-24(35-22)16-9-7-6-8-10-16/h11-16,32,34H,5-10,30-31H2,1-4H3/b17-11-,21-14+. The van der Waals surface area contributed by atoms with Gasteiger partial charge < -0.3 is 16.8 Å². The maximum atomic E-state index is 14.1. The molecule has 198 valence electrons.